The zero-order valence-corrected chi connectivity index (χ0v) is 6.84. The average Bonchev–Trinajstić information content (AvgIpc) is 2.11. The molecule has 2 unspecified atom stereocenters. The summed E-state index contributed by atoms with van der Waals surface area (Å²) in [4.78, 5) is 10.9. The molecule has 1 heterocycles. The Morgan fingerprint density at radius 3 is 3.09 bits per heavy atom. The van der Waals surface area contributed by atoms with Crippen LogP contribution in [0.3, 0.4) is 0 Å². The first-order chi connectivity index (χ1) is 5.24. The smallest absolute Gasteiger partial charge is 0.221 e. The Hall–Kier alpha value is -0.570. The van der Waals surface area contributed by atoms with Crippen molar-refractivity contribution in [2.24, 2.45) is 5.92 Å². The van der Waals surface area contributed by atoms with Crippen LogP contribution < -0.4 is 5.32 Å². The Kier molecular flexibility index (Phi) is 2.88. The summed E-state index contributed by atoms with van der Waals surface area (Å²) in [6.45, 7) is 2.03. The van der Waals surface area contributed by atoms with E-state index < -0.39 is 6.23 Å². The molecular weight excluding hydrogens is 142 g/mol. The number of aliphatic hydroxyl groups excluding tert-OH is 1. The summed E-state index contributed by atoms with van der Waals surface area (Å²) < 4.78 is 0. The molecule has 0 radical (unpaired) electrons. The Bertz CT molecular complexity index is 147. The van der Waals surface area contributed by atoms with Gasteiger partial charge in [0.25, 0.3) is 0 Å². The summed E-state index contributed by atoms with van der Waals surface area (Å²) in [5.41, 5.74) is 0. The first kappa shape index (κ1) is 8.53. The molecular formula is C8H15NO2. The molecule has 1 saturated heterocycles. The van der Waals surface area contributed by atoms with E-state index >= 15 is 0 Å². The third kappa shape index (κ3) is 2.19. The maximum absolute atomic E-state index is 10.9. The van der Waals surface area contributed by atoms with Crippen LogP contribution in [0.25, 0.3) is 0 Å². The van der Waals surface area contributed by atoms with Crippen LogP contribution in [-0.2, 0) is 4.79 Å². The van der Waals surface area contributed by atoms with Crippen molar-refractivity contribution in [2.75, 3.05) is 0 Å². The van der Waals surface area contributed by atoms with Gasteiger partial charge in [-0.3, -0.25) is 4.79 Å². The summed E-state index contributed by atoms with van der Waals surface area (Å²) in [7, 11) is 0. The lowest BCUT2D eigenvalue weighted by Gasteiger charge is -2.18. The van der Waals surface area contributed by atoms with Gasteiger partial charge in [-0.1, -0.05) is 6.92 Å². The fourth-order valence-corrected chi connectivity index (χ4v) is 1.47. The van der Waals surface area contributed by atoms with Gasteiger partial charge >= 0.3 is 0 Å². The van der Waals surface area contributed by atoms with Gasteiger partial charge in [-0.05, 0) is 19.3 Å². The van der Waals surface area contributed by atoms with Gasteiger partial charge in [0, 0.05) is 12.3 Å². The molecule has 64 valence electrons. The number of nitrogens with one attached hydrogen (secondary N) is 1. The lowest BCUT2D eigenvalue weighted by atomic mass is 9.99. The van der Waals surface area contributed by atoms with Crippen LogP contribution in [0.15, 0.2) is 0 Å². The van der Waals surface area contributed by atoms with Gasteiger partial charge in [0.15, 0.2) is 0 Å². The maximum Gasteiger partial charge on any atom is 0.221 e. The van der Waals surface area contributed by atoms with Gasteiger partial charge in [0.1, 0.15) is 6.23 Å². The normalized spacial score (nSPS) is 32.7. The molecule has 2 atom stereocenters. The molecule has 2 N–H and O–H groups in total. The van der Waals surface area contributed by atoms with E-state index in [-0.39, 0.29) is 11.8 Å². The first-order valence-corrected chi connectivity index (χ1v) is 4.21. The van der Waals surface area contributed by atoms with E-state index in [0.29, 0.717) is 6.42 Å². The maximum atomic E-state index is 10.9. The molecule has 0 aromatic rings. The number of carbonyl (C=O) groups excluding carboxylic acids is 1. The quantitative estimate of drug-likeness (QED) is 0.586. The SMILES string of the molecule is CCC1CCCC(=O)NC1O. The van der Waals surface area contributed by atoms with Gasteiger partial charge in [0.05, 0.1) is 0 Å². The molecule has 1 aliphatic rings. The summed E-state index contributed by atoms with van der Waals surface area (Å²) in [6, 6.07) is 0. The minimum atomic E-state index is -0.616. The van der Waals surface area contributed by atoms with Crippen molar-refractivity contribution in [1.82, 2.24) is 5.32 Å². The minimum absolute atomic E-state index is 0.0200. The second-order valence-electron chi connectivity index (χ2n) is 3.07. The second kappa shape index (κ2) is 3.72. The Labute approximate surface area is 66.8 Å². The van der Waals surface area contributed by atoms with Gasteiger partial charge in [-0.25, -0.2) is 0 Å². The third-order valence-corrected chi connectivity index (χ3v) is 2.26. The van der Waals surface area contributed by atoms with Crippen LogP contribution in [0, 0.1) is 5.92 Å². The van der Waals surface area contributed by atoms with E-state index in [4.69, 9.17) is 0 Å². The zero-order chi connectivity index (χ0) is 8.27. The van der Waals surface area contributed by atoms with E-state index in [0.717, 1.165) is 19.3 Å². The topological polar surface area (TPSA) is 49.3 Å². The van der Waals surface area contributed by atoms with Gasteiger partial charge in [-0.15, -0.1) is 0 Å². The number of hydrogen-bond acceptors (Lipinski definition) is 2. The fraction of sp³-hybridized carbons (Fsp3) is 0.875. The summed E-state index contributed by atoms with van der Waals surface area (Å²) in [5, 5.41) is 11.9. The summed E-state index contributed by atoms with van der Waals surface area (Å²) >= 11 is 0. The van der Waals surface area contributed by atoms with E-state index in [2.05, 4.69) is 5.32 Å². The van der Waals surface area contributed by atoms with Gasteiger partial charge in [0.2, 0.25) is 5.91 Å². The van der Waals surface area contributed by atoms with Crippen molar-refractivity contribution in [3.63, 3.8) is 0 Å². The largest absolute Gasteiger partial charge is 0.373 e. The highest BCUT2D eigenvalue weighted by molar-refractivity contribution is 5.76. The second-order valence-corrected chi connectivity index (χ2v) is 3.07. The first-order valence-electron chi connectivity index (χ1n) is 4.21. The number of carbonyl (C=O) groups is 1. The molecule has 1 fully saturated rings. The van der Waals surface area contributed by atoms with Crippen LogP contribution in [0.4, 0.5) is 0 Å². The summed E-state index contributed by atoms with van der Waals surface area (Å²) in [6.07, 6.45) is 2.74. The Balaban J connectivity index is 2.50. The van der Waals surface area contributed by atoms with E-state index in [1.165, 1.54) is 0 Å². The van der Waals surface area contributed by atoms with Crippen LogP contribution in [0.1, 0.15) is 32.6 Å². The molecule has 0 aromatic carbocycles. The highest BCUT2D eigenvalue weighted by atomic mass is 16.3. The van der Waals surface area contributed by atoms with E-state index in [9.17, 15) is 9.90 Å². The van der Waals surface area contributed by atoms with E-state index in [1.807, 2.05) is 6.92 Å². The molecule has 0 aliphatic carbocycles. The van der Waals surface area contributed by atoms with Crippen molar-refractivity contribution >= 4 is 5.91 Å². The van der Waals surface area contributed by atoms with Crippen LogP contribution >= 0.6 is 0 Å². The molecule has 1 rings (SSSR count). The van der Waals surface area contributed by atoms with Crippen molar-refractivity contribution in [3.05, 3.63) is 0 Å². The third-order valence-electron chi connectivity index (χ3n) is 2.26. The van der Waals surface area contributed by atoms with Crippen molar-refractivity contribution in [1.29, 1.82) is 0 Å². The standard InChI is InChI=1S/C8H15NO2/c1-2-6-4-3-5-7(10)9-8(6)11/h6,8,11H,2-5H2,1H3,(H,9,10). The highest BCUT2D eigenvalue weighted by Crippen LogP contribution is 2.18. The molecule has 0 bridgehead atoms. The lowest BCUT2D eigenvalue weighted by molar-refractivity contribution is -0.124. The predicted octanol–water partition coefficient (Wildman–Crippen LogP) is 0.631. The molecule has 1 aliphatic heterocycles. The molecule has 0 aromatic heterocycles. The van der Waals surface area contributed by atoms with Crippen LogP contribution in [0.5, 0.6) is 0 Å². The number of amides is 1. The van der Waals surface area contributed by atoms with E-state index in [1.54, 1.807) is 0 Å². The zero-order valence-electron chi connectivity index (χ0n) is 6.84. The van der Waals surface area contributed by atoms with Gasteiger partial charge in [-0.2, -0.15) is 0 Å². The predicted molar refractivity (Wildman–Crippen MR) is 41.8 cm³/mol. The van der Waals surface area contributed by atoms with Crippen molar-refractivity contribution in [2.45, 2.75) is 38.8 Å². The van der Waals surface area contributed by atoms with Crippen molar-refractivity contribution in [3.8, 4) is 0 Å². The molecule has 3 nitrogen and oxygen atoms in total. The Morgan fingerprint density at radius 2 is 2.45 bits per heavy atom. The molecule has 1 amide bonds. The molecule has 11 heavy (non-hydrogen) atoms. The fourth-order valence-electron chi connectivity index (χ4n) is 1.47. The number of aliphatic hydroxyl groups is 1. The monoisotopic (exact) mass is 157 g/mol. The lowest BCUT2D eigenvalue weighted by Crippen LogP contribution is -2.37. The number of rotatable bonds is 1. The molecule has 3 heteroatoms. The molecule has 0 saturated carbocycles. The van der Waals surface area contributed by atoms with Crippen LogP contribution in [0.2, 0.25) is 0 Å². The van der Waals surface area contributed by atoms with Crippen molar-refractivity contribution < 1.29 is 9.90 Å². The Morgan fingerprint density at radius 1 is 1.73 bits per heavy atom. The van der Waals surface area contributed by atoms with Crippen LogP contribution in [-0.4, -0.2) is 17.2 Å². The minimum Gasteiger partial charge on any atom is -0.373 e. The number of hydrogen-bond donors (Lipinski definition) is 2. The highest BCUT2D eigenvalue weighted by Gasteiger charge is 2.22. The summed E-state index contributed by atoms with van der Waals surface area (Å²) in [5.74, 6) is 0.231. The van der Waals surface area contributed by atoms with Gasteiger partial charge < -0.3 is 10.4 Å². The molecule has 0 spiro atoms. The average molecular weight is 157 g/mol.